The second-order valence-corrected chi connectivity index (χ2v) is 5.72. The van der Waals surface area contributed by atoms with Gasteiger partial charge < -0.3 is 4.98 Å². The first kappa shape index (κ1) is 13.6. The third-order valence-electron chi connectivity index (χ3n) is 3.45. The highest BCUT2D eigenvalue weighted by atomic mass is 32.1. The van der Waals surface area contributed by atoms with Crippen molar-refractivity contribution in [2.45, 2.75) is 0 Å². The number of thiazole rings is 1. The summed E-state index contributed by atoms with van der Waals surface area (Å²) in [4.78, 5) is 35.9. The summed E-state index contributed by atoms with van der Waals surface area (Å²) in [5, 5.41) is 2.87. The number of aromatic nitrogens is 4. The normalized spacial score (nSPS) is 11.0. The monoisotopic (exact) mass is 322 g/mol. The molecule has 0 radical (unpaired) electrons. The maximum atomic E-state index is 12.6. The van der Waals surface area contributed by atoms with Gasteiger partial charge in [-0.05, 0) is 24.3 Å². The van der Waals surface area contributed by atoms with Crippen LogP contribution in [0.5, 0.6) is 0 Å². The van der Waals surface area contributed by atoms with Crippen LogP contribution in [-0.4, -0.2) is 19.5 Å². The third kappa shape index (κ3) is 2.27. The van der Waals surface area contributed by atoms with Crippen molar-refractivity contribution >= 4 is 22.2 Å². The number of fused-ring (bicyclic) bond motifs is 1. The zero-order valence-corrected chi connectivity index (χ0v) is 12.6. The van der Waals surface area contributed by atoms with E-state index in [1.165, 1.54) is 11.3 Å². The van der Waals surface area contributed by atoms with Crippen LogP contribution in [0, 0.1) is 0 Å². The zero-order valence-electron chi connectivity index (χ0n) is 11.8. The molecule has 0 saturated carbocycles. The Hall–Kier alpha value is -3.06. The maximum Gasteiger partial charge on any atom is 0.334 e. The Labute approximate surface area is 133 Å². The van der Waals surface area contributed by atoms with Gasteiger partial charge in [0.05, 0.1) is 10.9 Å². The second kappa shape index (κ2) is 5.29. The first-order valence-corrected chi connectivity index (χ1v) is 7.72. The Morgan fingerprint density at radius 3 is 2.65 bits per heavy atom. The van der Waals surface area contributed by atoms with Crippen LogP contribution in [-0.2, 0) is 0 Å². The summed E-state index contributed by atoms with van der Waals surface area (Å²) in [7, 11) is 0. The molecule has 0 unspecified atom stereocenters. The summed E-state index contributed by atoms with van der Waals surface area (Å²) < 4.78 is 1.06. The lowest BCUT2D eigenvalue weighted by Crippen LogP contribution is -2.33. The number of pyridine rings is 1. The second-order valence-electron chi connectivity index (χ2n) is 4.86. The summed E-state index contributed by atoms with van der Waals surface area (Å²) in [6, 6.07) is 10.6. The minimum absolute atomic E-state index is 0.318. The Kier molecular flexibility index (Phi) is 3.13. The average molecular weight is 322 g/mol. The van der Waals surface area contributed by atoms with Crippen molar-refractivity contribution in [2.75, 3.05) is 0 Å². The van der Waals surface area contributed by atoms with Gasteiger partial charge in [0.2, 0.25) is 0 Å². The number of nitrogens with one attached hydrogen (secondary N) is 1. The van der Waals surface area contributed by atoms with Crippen LogP contribution in [0.4, 0.5) is 0 Å². The van der Waals surface area contributed by atoms with Gasteiger partial charge >= 0.3 is 5.69 Å². The number of benzene rings is 1. The Morgan fingerprint density at radius 2 is 1.83 bits per heavy atom. The molecule has 1 N–H and O–H groups in total. The summed E-state index contributed by atoms with van der Waals surface area (Å²) in [5.41, 5.74) is 0.529. The molecule has 6 nitrogen and oxygen atoms in total. The van der Waals surface area contributed by atoms with Crippen LogP contribution in [0.3, 0.4) is 0 Å². The number of rotatable bonds is 2. The Morgan fingerprint density at radius 1 is 1.04 bits per heavy atom. The van der Waals surface area contributed by atoms with E-state index in [1.807, 2.05) is 12.1 Å². The molecule has 7 heteroatoms. The minimum Gasteiger partial charge on any atom is -0.306 e. The molecule has 4 aromatic rings. The first-order valence-electron chi connectivity index (χ1n) is 6.84. The Bertz CT molecular complexity index is 1110. The summed E-state index contributed by atoms with van der Waals surface area (Å²) in [6.45, 7) is 0. The molecule has 1 aromatic carbocycles. The number of para-hydroxylation sites is 1. The predicted molar refractivity (Wildman–Crippen MR) is 89.1 cm³/mol. The van der Waals surface area contributed by atoms with E-state index in [0.717, 1.165) is 15.1 Å². The minimum atomic E-state index is -0.500. The van der Waals surface area contributed by atoms with Gasteiger partial charge in [0.25, 0.3) is 5.56 Å². The quantitative estimate of drug-likeness (QED) is 0.613. The molecule has 0 aliphatic rings. The Balaban J connectivity index is 1.92. The van der Waals surface area contributed by atoms with E-state index >= 15 is 0 Å². The van der Waals surface area contributed by atoms with Gasteiger partial charge in [-0.15, -0.1) is 11.3 Å². The predicted octanol–water partition coefficient (Wildman–Crippen LogP) is 2.20. The number of nitrogens with zero attached hydrogens (tertiary/aromatic N) is 3. The summed E-state index contributed by atoms with van der Waals surface area (Å²) in [6.07, 6.45) is 3.34. The molecule has 4 rings (SSSR count). The van der Waals surface area contributed by atoms with E-state index < -0.39 is 5.69 Å². The number of hydrogen-bond acceptors (Lipinski definition) is 5. The molecule has 0 aliphatic heterocycles. The molecule has 112 valence electrons. The van der Waals surface area contributed by atoms with Crippen LogP contribution in [0.15, 0.2) is 63.8 Å². The van der Waals surface area contributed by atoms with Gasteiger partial charge in [-0.2, -0.15) is 0 Å². The maximum absolute atomic E-state index is 12.6. The molecular formula is C16H10N4O2S. The molecule has 3 aromatic heterocycles. The van der Waals surface area contributed by atoms with Gasteiger partial charge in [-0.1, -0.05) is 12.1 Å². The van der Waals surface area contributed by atoms with Gasteiger partial charge in [-0.3, -0.25) is 9.78 Å². The summed E-state index contributed by atoms with van der Waals surface area (Å²) in [5.74, 6) is 0.318. The molecule has 3 heterocycles. The summed E-state index contributed by atoms with van der Waals surface area (Å²) >= 11 is 1.37. The SMILES string of the molecule is O=c1[nH]c2ccccc2c(=O)n1-c1csc(-c2ccncc2)n1. The fraction of sp³-hybridized carbons (Fsp3) is 0. The molecule has 0 fully saturated rings. The lowest BCUT2D eigenvalue weighted by atomic mass is 10.2. The third-order valence-corrected chi connectivity index (χ3v) is 4.33. The van der Waals surface area contributed by atoms with Crippen molar-refractivity contribution in [3.05, 3.63) is 75.0 Å². The lowest BCUT2D eigenvalue weighted by molar-refractivity contribution is 0.877. The average Bonchev–Trinajstić information content (AvgIpc) is 3.05. The van der Waals surface area contributed by atoms with E-state index in [1.54, 1.807) is 42.0 Å². The standard InChI is InChI=1S/C16H10N4O2S/c21-15-11-3-1-2-4-12(11)18-16(22)20(15)13-9-23-14(19-13)10-5-7-17-8-6-10/h1-9H,(H,18,22). The van der Waals surface area contributed by atoms with Crippen molar-refractivity contribution in [1.82, 2.24) is 19.5 Å². The molecule has 23 heavy (non-hydrogen) atoms. The van der Waals surface area contributed by atoms with Gasteiger partial charge in [0.1, 0.15) is 5.01 Å². The molecule has 0 bridgehead atoms. The van der Waals surface area contributed by atoms with Crippen molar-refractivity contribution in [1.29, 1.82) is 0 Å². The smallest absolute Gasteiger partial charge is 0.306 e. The first-order chi connectivity index (χ1) is 11.2. The van der Waals surface area contributed by atoms with Crippen molar-refractivity contribution < 1.29 is 0 Å². The fourth-order valence-electron chi connectivity index (χ4n) is 2.37. The van der Waals surface area contributed by atoms with Crippen molar-refractivity contribution in [3.8, 4) is 16.4 Å². The van der Waals surface area contributed by atoms with E-state index in [0.29, 0.717) is 16.7 Å². The van der Waals surface area contributed by atoms with Crippen LogP contribution >= 0.6 is 11.3 Å². The van der Waals surface area contributed by atoms with E-state index in [9.17, 15) is 9.59 Å². The fourth-order valence-corrected chi connectivity index (χ4v) is 3.16. The van der Waals surface area contributed by atoms with E-state index in [4.69, 9.17) is 0 Å². The molecule has 0 saturated heterocycles. The van der Waals surface area contributed by atoms with Crippen LogP contribution < -0.4 is 11.2 Å². The van der Waals surface area contributed by atoms with Crippen LogP contribution in [0.1, 0.15) is 0 Å². The topological polar surface area (TPSA) is 80.6 Å². The largest absolute Gasteiger partial charge is 0.334 e. The highest BCUT2D eigenvalue weighted by Crippen LogP contribution is 2.23. The van der Waals surface area contributed by atoms with Crippen molar-refractivity contribution in [2.24, 2.45) is 0 Å². The molecule has 0 atom stereocenters. The van der Waals surface area contributed by atoms with E-state index in [2.05, 4.69) is 15.0 Å². The molecule has 0 spiro atoms. The van der Waals surface area contributed by atoms with Crippen LogP contribution in [0.25, 0.3) is 27.3 Å². The van der Waals surface area contributed by atoms with E-state index in [-0.39, 0.29) is 5.56 Å². The zero-order chi connectivity index (χ0) is 15.8. The highest BCUT2D eigenvalue weighted by Gasteiger charge is 2.13. The van der Waals surface area contributed by atoms with Crippen molar-refractivity contribution in [3.63, 3.8) is 0 Å². The van der Waals surface area contributed by atoms with Gasteiger partial charge in [0.15, 0.2) is 5.82 Å². The van der Waals surface area contributed by atoms with Gasteiger partial charge in [0, 0.05) is 23.3 Å². The lowest BCUT2D eigenvalue weighted by Gasteiger charge is -2.02. The van der Waals surface area contributed by atoms with Crippen LogP contribution in [0.2, 0.25) is 0 Å². The van der Waals surface area contributed by atoms with Gasteiger partial charge in [-0.25, -0.2) is 14.3 Å². The molecule has 0 aliphatic carbocycles. The highest BCUT2D eigenvalue weighted by molar-refractivity contribution is 7.13. The number of hydrogen-bond donors (Lipinski definition) is 1. The molecular weight excluding hydrogens is 312 g/mol. The number of H-pyrrole nitrogens is 1. The molecule has 0 amide bonds. The number of aromatic amines is 1.